The van der Waals surface area contributed by atoms with Crippen molar-refractivity contribution in [3.05, 3.63) is 38.9 Å². The van der Waals surface area contributed by atoms with Crippen LogP contribution in [0.1, 0.15) is 31.7 Å². The normalized spacial score (nSPS) is 26.5. The second-order valence-electron chi connectivity index (χ2n) is 6.15. The Morgan fingerprint density at radius 1 is 1.28 bits per heavy atom. The van der Waals surface area contributed by atoms with Crippen molar-refractivity contribution in [1.82, 2.24) is 24.5 Å². The fourth-order valence-corrected chi connectivity index (χ4v) is 2.60. The summed E-state index contributed by atoms with van der Waals surface area (Å²) in [4.78, 5) is 26.3. The molecule has 0 bridgehead atoms. The summed E-state index contributed by atoms with van der Waals surface area (Å²) in [5.41, 5.74) is -0.859. The number of hydrogen-bond donors (Lipinski definition) is 4. The number of nitrogens with zero attached hydrogens (tertiary/aromatic N) is 4. The first-order valence-electron chi connectivity index (χ1n) is 7.74. The molecule has 4 N–H and O–H groups in total. The standard InChI is InChI=1S/C14H19N5O6/c1-6(2)7-3-19(17-16-7)8-4-18(14(24)15-12(8)23)13-11(22)10(21)9(5-20)25-13/h3-4,6,9-11,13,20-22H,5H2,1-2H3,(H,15,23,24). The molecule has 1 saturated heterocycles. The lowest BCUT2D eigenvalue weighted by molar-refractivity contribution is -0.0550. The van der Waals surface area contributed by atoms with Gasteiger partial charge < -0.3 is 20.1 Å². The Morgan fingerprint density at radius 2 is 2.00 bits per heavy atom. The Kier molecular flexibility index (Phi) is 4.56. The van der Waals surface area contributed by atoms with E-state index in [4.69, 9.17) is 9.84 Å². The molecule has 11 nitrogen and oxygen atoms in total. The van der Waals surface area contributed by atoms with E-state index in [1.165, 1.54) is 10.9 Å². The number of nitrogens with one attached hydrogen (secondary N) is 1. The predicted octanol–water partition coefficient (Wildman–Crippen LogP) is -2.15. The van der Waals surface area contributed by atoms with Gasteiger partial charge in [0.1, 0.15) is 24.0 Å². The highest BCUT2D eigenvalue weighted by Crippen LogP contribution is 2.28. The van der Waals surface area contributed by atoms with E-state index in [0.29, 0.717) is 5.69 Å². The van der Waals surface area contributed by atoms with E-state index in [2.05, 4.69) is 15.3 Å². The van der Waals surface area contributed by atoms with Crippen molar-refractivity contribution in [3.63, 3.8) is 0 Å². The van der Waals surface area contributed by atoms with Crippen molar-refractivity contribution in [2.75, 3.05) is 6.61 Å². The van der Waals surface area contributed by atoms with Gasteiger partial charge in [0.05, 0.1) is 18.5 Å². The highest BCUT2D eigenvalue weighted by Gasteiger charge is 2.43. The third kappa shape index (κ3) is 3.02. The Balaban J connectivity index is 2.04. The lowest BCUT2D eigenvalue weighted by atomic mass is 10.1. The maximum absolute atomic E-state index is 12.1. The maximum Gasteiger partial charge on any atom is 0.330 e. The van der Waals surface area contributed by atoms with Crippen LogP contribution in [0.4, 0.5) is 0 Å². The van der Waals surface area contributed by atoms with Crippen molar-refractivity contribution in [2.24, 2.45) is 0 Å². The second kappa shape index (κ2) is 6.52. The molecule has 0 aliphatic carbocycles. The average molecular weight is 353 g/mol. The van der Waals surface area contributed by atoms with Gasteiger partial charge in [-0.1, -0.05) is 19.1 Å². The van der Waals surface area contributed by atoms with E-state index in [1.54, 1.807) is 6.20 Å². The number of rotatable bonds is 4. The van der Waals surface area contributed by atoms with Crippen molar-refractivity contribution in [2.45, 2.75) is 44.3 Å². The van der Waals surface area contributed by atoms with Gasteiger partial charge in [-0.2, -0.15) is 0 Å². The van der Waals surface area contributed by atoms with Crippen molar-refractivity contribution < 1.29 is 20.1 Å². The lowest BCUT2D eigenvalue weighted by Crippen LogP contribution is -2.39. The fraction of sp³-hybridized carbons (Fsp3) is 0.571. The van der Waals surface area contributed by atoms with Crippen LogP contribution in [0.5, 0.6) is 0 Å². The van der Waals surface area contributed by atoms with Crippen LogP contribution in [0.15, 0.2) is 22.0 Å². The number of aromatic amines is 1. The van der Waals surface area contributed by atoms with Gasteiger partial charge >= 0.3 is 5.69 Å². The van der Waals surface area contributed by atoms with Gasteiger partial charge in [0.15, 0.2) is 6.23 Å². The molecule has 0 saturated carbocycles. The number of aliphatic hydroxyl groups is 3. The van der Waals surface area contributed by atoms with Crippen LogP contribution in [0.2, 0.25) is 0 Å². The number of hydrogen-bond acceptors (Lipinski definition) is 8. The highest BCUT2D eigenvalue weighted by molar-refractivity contribution is 5.24. The first-order valence-corrected chi connectivity index (χ1v) is 7.74. The van der Waals surface area contributed by atoms with E-state index in [9.17, 15) is 19.8 Å². The molecule has 0 radical (unpaired) electrons. The zero-order chi connectivity index (χ0) is 18.3. The zero-order valence-electron chi connectivity index (χ0n) is 13.6. The Bertz CT molecular complexity index is 871. The van der Waals surface area contributed by atoms with Gasteiger partial charge in [0.2, 0.25) is 0 Å². The second-order valence-corrected chi connectivity index (χ2v) is 6.15. The molecular formula is C14H19N5O6. The quantitative estimate of drug-likeness (QED) is 0.485. The Morgan fingerprint density at radius 3 is 2.56 bits per heavy atom. The predicted molar refractivity (Wildman–Crippen MR) is 83.3 cm³/mol. The third-order valence-corrected chi connectivity index (χ3v) is 4.09. The SMILES string of the molecule is CC(C)c1cn(-c2cn(C3OC(CO)C(O)C3O)c(=O)[nH]c2=O)nn1. The summed E-state index contributed by atoms with van der Waals surface area (Å²) in [5, 5.41) is 36.9. The van der Waals surface area contributed by atoms with Gasteiger partial charge in [0, 0.05) is 6.20 Å². The number of H-pyrrole nitrogens is 1. The summed E-state index contributed by atoms with van der Waals surface area (Å²) in [5.74, 6) is 0.0965. The zero-order valence-corrected chi connectivity index (χ0v) is 13.6. The highest BCUT2D eigenvalue weighted by atomic mass is 16.6. The molecule has 11 heteroatoms. The van der Waals surface area contributed by atoms with Crippen molar-refractivity contribution >= 4 is 0 Å². The molecule has 4 unspecified atom stereocenters. The first-order chi connectivity index (χ1) is 11.8. The molecule has 3 heterocycles. The molecule has 2 aromatic rings. The van der Waals surface area contributed by atoms with Crippen LogP contribution in [0.25, 0.3) is 5.69 Å². The van der Waals surface area contributed by atoms with Gasteiger partial charge in [-0.25, -0.2) is 9.48 Å². The topological polar surface area (TPSA) is 155 Å². The smallest absolute Gasteiger partial charge is 0.330 e. The monoisotopic (exact) mass is 353 g/mol. The van der Waals surface area contributed by atoms with Crippen LogP contribution in [0, 0.1) is 0 Å². The van der Waals surface area contributed by atoms with Gasteiger partial charge in [-0.3, -0.25) is 14.3 Å². The fourth-order valence-electron chi connectivity index (χ4n) is 2.60. The number of aromatic nitrogens is 5. The van der Waals surface area contributed by atoms with Crippen LogP contribution in [-0.2, 0) is 4.74 Å². The molecule has 4 atom stereocenters. The third-order valence-electron chi connectivity index (χ3n) is 4.09. The summed E-state index contributed by atoms with van der Waals surface area (Å²) in [6, 6.07) is 0. The molecule has 0 aromatic carbocycles. The van der Waals surface area contributed by atoms with E-state index in [0.717, 1.165) is 4.57 Å². The molecule has 25 heavy (non-hydrogen) atoms. The van der Waals surface area contributed by atoms with Crippen molar-refractivity contribution in [3.8, 4) is 5.69 Å². The molecule has 3 rings (SSSR count). The van der Waals surface area contributed by atoms with Gasteiger partial charge in [-0.05, 0) is 5.92 Å². The van der Waals surface area contributed by atoms with E-state index >= 15 is 0 Å². The maximum atomic E-state index is 12.1. The number of ether oxygens (including phenoxy) is 1. The minimum absolute atomic E-state index is 0.00302. The first kappa shape index (κ1) is 17.5. The Labute approximate surface area is 141 Å². The summed E-state index contributed by atoms with van der Waals surface area (Å²) in [7, 11) is 0. The summed E-state index contributed by atoms with van der Waals surface area (Å²) in [6.45, 7) is 3.30. The summed E-state index contributed by atoms with van der Waals surface area (Å²) >= 11 is 0. The van der Waals surface area contributed by atoms with Crippen molar-refractivity contribution in [1.29, 1.82) is 0 Å². The van der Waals surface area contributed by atoms with E-state index in [1.807, 2.05) is 13.8 Å². The lowest BCUT2D eigenvalue weighted by Gasteiger charge is -2.17. The minimum Gasteiger partial charge on any atom is -0.394 e. The van der Waals surface area contributed by atoms with Gasteiger partial charge in [0.25, 0.3) is 5.56 Å². The van der Waals surface area contributed by atoms with Gasteiger partial charge in [-0.15, -0.1) is 5.10 Å². The van der Waals surface area contributed by atoms with E-state index < -0.39 is 42.4 Å². The summed E-state index contributed by atoms with van der Waals surface area (Å²) < 4.78 is 7.48. The molecule has 2 aromatic heterocycles. The molecule has 0 spiro atoms. The average Bonchev–Trinajstić information content (AvgIpc) is 3.15. The molecule has 1 aliphatic rings. The molecule has 136 valence electrons. The van der Waals surface area contributed by atoms with Crippen LogP contribution in [0.3, 0.4) is 0 Å². The van der Waals surface area contributed by atoms with Crippen LogP contribution in [-0.4, -0.2) is 64.8 Å². The largest absolute Gasteiger partial charge is 0.394 e. The van der Waals surface area contributed by atoms with E-state index in [-0.39, 0.29) is 11.6 Å². The number of aliphatic hydroxyl groups excluding tert-OH is 3. The summed E-state index contributed by atoms with van der Waals surface area (Å²) in [6.07, 6.45) is -2.39. The molecular weight excluding hydrogens is 334 g/mol. The molecule has 0 amide bonds. The molecule has 1 fully saturated rings. The molecule has 1 aliphatic heterocycles. The van der Waals surface area contributed by atoms with Crippen LogP contribution >= 0.6 is 0 Å². The Hall–Kier alpha value is -2.34. The van der Waals surface area contributed by atoms with Crippen LogP contribution < -0.4 is 11.2 Å². The minimum atomic E-state index is -1.45.